The number of aromatic nitrogens is 4. The highest BCUT2D eigenvalue weighted by Crippen LogP contribution is 2.37. The van der Waals surface area contributed by atoms with Crippen molar-refractivity contribution in [2.75, 3.05) is 5.73 Å². The molecule has 0 spiro atoms. The molecule has 0 saturated heterocycles. The molecular formula is C17H12ClN5. The summed E-state index contributed by atoms with van der Waals surface area (Å²) in [6.07, 6.45) is 3.43. The molecule has 0 amide bonds. The Labute approximate surface area is 137 Å². The lowest BCUT2D eigenvalue weighted by molar-refractivity contribution is 1.31. The molecule has 3 N–H and O–H groups in total. The Balaban J connectivity index is 2.08. The average Bonchev–Trinajstić information content (AvgIpc) is 2.94. The second-order valence-electron chi connectivity index (χ2n) is 5.09. The molecule has 6 heteroatoms. The second kappa shape index (κ2) is 5.37. The van der Waals surface area contributed by atoms with Crippen molar-refractivity contribution < 1.29 is 0 Å². The van der Waals surface area contributed by atoms with Gasteiger partial charge < -0.3 is 10.7 Å². The first kappa shape index (κ1) is 13.7. The monoisotopic (exact) mass is 321 g/mol. The normalized spacial score (nSPS) is 11.0. The van der Waals surface area contributed by atoms with Gasteiger partial charge in [-0.1, -0.05) is 17.7 Å². The third kappa shape index (κ3) is 2.41. The van der Waals surface area contributed by atoms with Crippen LogP contribution < -0.4 is 5.73 Å². The van der Waals surface area contributed by atoms with E-state index in [0.717, 1.165) is 33.5 Å². The lowest BCUT2D eigenvalue weighted by Gasteiger charge is -2.05. The fourth-order valence-electron chi connectivity index (χ4n) is 2.62. The molecule has 0 radical (unpaired) electrons. The van der Waals surface area contributed by atoms with Gasteiger partial charge in [0.25, 0.3) is 0 Å². The van der Waals surface area contributed by atoms with Crippen molar-refractivity contribution in [1.29, 1.82) is 0 Å². The zero-order valence-corrected chi connectivity index (χ0v) is 12.7. The van der Waals surface area contributed by atoms with E-state index >= 15 is 0 Å². The SMILES string of the molecule is Nc1cc(-c2[nH]c3ccc(Cl)nc3c2-c2ccccn2)ccn1. The number of H-pyrrole nitrogens is 1. The molecule has 4 heterocycles. The van der Waals surface area contributed by atoms with Gasteiger partial charge in [0, 0.05) is 18.0 Å². The molecule has 0 saturated carbocycles. The molecule has 4 aromatic heterocycles. The molecule has 0 aromatic carbocycles. The van der Waals surface area contributed by atoms with Gasteiger partial charge in [-0.3, -0.25) is 4.98 Å². The number of nitrogens with two attached hydrogens (primary N) is 1. The van der Waals surface area contributed by atoms with Crippen LogP contribution >= 0.6 is 11.6 Å². The fourth-order valence-corrected chi connectivity index (χ4v) is 2.77. The molecule has 5 nitrogen and oxygen atoms in total. The minimum atomic E-state index is 0.439. The van der Waals surface area contributed by atoms with E-state index in [9.17, 15) is 0 Å². The summed E-state index contributed by atoms with van der Waals surface area (Å²) < 4.78 is 0. The number of rotatable bonds is 2. The summed E-state index contributed by atoms with van der Waals surface area (Å²) in [6.45, 7) is 0. The van der Waals surface area contributed by atoms with Crippen molar-refractivity contribution in [2.24, 2.45) is 0 Å². The number of nitrogens with one attached hydrogen (secondary N) is 1. The maximum Gasteiger partial charge on any atom is 0.129 e. The van der Waals surface area contributed by atoms with Gasteiger partial charge in [-0.05, 0) is 36.4 Å². The molecule has 0 aliphatic carbocycles. The lowest BCUT2D eigenvalue weighted by atomic mass is 10.1. The molecule has 4 rings (SSSR count). The van der Waals surface area contributed by atoms with Crippen LogP contribution in [0.25, 0.3) is 33.5 Å². The van der Waals surface area contributed by atoms with Crippen LogP contribution in [-0.4, -0.2) is 19.9 Å². The van der Waals surface area contributed by atoms with Gasteiger partial charge in [0.05, 0.1) is 28.0 Å². The summed E-state index contributed by atoms with van der Waals surface area (Å²) in [5, 5.41) is 0.439. The molecule has 0 unspecified atom stereocenters. The Bertz CT molecular complexity index is 994. The van der Waals surface area contributed by atoms with E-state index < -0.39 is 0 Å². The number of pyridine rings is 3. The second-order valence-corrected chi connectivity index (χ2v) is 5.48. The van der Waals surface area contributed by atoms with Crippen molar-refractivity contribution >= 4 is 28.5 Å². The number of nitrogens with zero attached hydrogens (tertiary/aromatic N) is 3. The Kier molecular flexibility index (Phi) is 3.20. The lowest BCUT2D eigenvalue weighted by Crippen LogP contribution is -1.91. The Hall–Kier alpha value is -2.92. The highest BCUT2D eigenvalue weighted by molar-refractivity contribution is 6.30. The van der Waals surface area contributed by atoms with E-state index in [1.54, 1.807) is 18.5 Å². The van der Waals surface area contributed by atoms with Crippen LogP contribution in [0.3, 0.4) is 0 Å². The third-order valence-electron chi connectivity index (χ3n) is 3.60. The minimum Gasteiger partial charge on any atom is -0.384 e. The van der Waals surface area contributed by atoms with Crippen LogP contribution in [0, 0.1) is 0 Å². The van der Waals surface area contributed by atoms with Crippen molar-refractivity contribution in [3.63, 3.8) is 0 Å². The predicted molar refractivity (Wildman–Crippen MR) is 92.0 cm³/mol. The van der Waals surface area contributed by atoms with Gasteiger partial charge in [-0.15, -0.1) is 0 Å². The van der Waals surface area contributed by atoms with E-state index in [4.69, 9.17) is 17.3 Å². The molecule has 0 aliphatic rings. The number of aromatic amines is 1. The highest BCUT2D eigenvalue weighted by Gasteiger charge is 2.17. The first-order valence-corrected chi connectivity index (χ1v) is 7.42. The number of nitrogen functional groups attached to an aromatic ring is 1. The van der Waals surface area contributed by atoms with Crippen LogP contribution in [0.15, 0.2) is 54.9 Å². The van der Waals surface area contributed by atoms with Crippen LogP contribution in [-0.2, 0) is 0 Å². The molecule has 0 atom stereocenters. The smallest absolute Gasteiger partial charge is 0.129 e. The molecule has 23 heavy (non-hydrogen) atoms. The molecule has 0 aliphatic heterocycles. The highest BCUT2D eigenvalue weighted by atomic mass is 35.5. The average molecular weight is 322 g/mol. The molecule has 0 fully saturated rings. The number of halogens is 1. The number of fused-ring (bicyclic) bond motifs is 1. The van der Waals surface area contributed by atoms with Crippen LogP contribution in [0.5, 0.6) is 0 Å². The van der Waals surface area contributed by atoms with E-state index in [2.05, 4.69) is 19.9 Å². The predicted octanol–water partition coefficient (Wildman–Crippen LogP) is 3.92. The van der Waals surface area contributed by atoms with Crippen molar-refractivity contribution in [3.8, 4) is 22.5 Å². The minimum absolute atomic E-state index is 0.439. The van der Waals surface area contributed by atoms with E-state index in [1.165, 1.54) is 0 Å². The standard InChI is InChI=1S/C17H12ClN5/c18-13-5-4-12-17(23-13)15(11-3-1-2-7-20-11)16(22-12)10-6-8-21-14(19)9-10/h1-9,22H,(H2,19,21). The molecule has 112 valence electrons. The zero-order chi connectivity index (χ0) is 15.8. The van der Waals surface area contributed by atoms with Gasteiger partial charge in [0.15, 0.2) is 0 Å². The topological polar surface area (TPSA) is 80.5 Å². The van der Waals surface area contributed by atoms with Gasteiger partial charge in [0.2, 0.25) is 0 Å². The maximum absolute atomic E-state index is 6.08. The number of anilines is 1. The largest absolute Gasteiger partial charge is 0.384 e. The van der Waals surface area contributed by atoms with E-state index in [0.29, 0.717) is 11.0 Å². The van der Waals surface area contributed by atoms with Crippen LogP contribution in [0.1, 0.15) is 0 Å². The van der Waals surface area contributed by atoms with Gasteiger partial charge >= 0.3 is 0 Å². The van der Waals surface area contributed by atoms with Gasteiger partial charge in [0.1, 0.15) is 11.0 Å². The van der Waals surface area contributed by atoms with E-state index in [-0.39, 0.29) is 0 Å². The van der Waals surface area contributed by atoms with Crippen LogP contribution in [0.2, 0.25) is 5.15 Å². The van der Waals surface area contributed by atoms with Crippen LogP contribution in [0.4, 0.5) is 5.82 Å². The summed E-state index contributed by atoms with van der Waals surface area (Å²) in [5.41, 5.74) is 11.0. The van der Waals surface area contributed by atoms with Gasteiger partial charge in [-0.2, -0.15) is 0 Å². The van der Waals surface area contributed by atoms with Crippen molar-refractivity contribution in [2.45, 2.75) is 0 Å². The number of hydrogen-bond acceptors (Lipinski definition) is 4. The quantitative estimate of drug-likeness (QED) is 0.548. The maximum atomic E-state index is 6.08. The van der Waals surface area contributed by atoms with E-state index in [1.807, 2.05) is 36.4 Å². The summed E-state index contributed by atoms with van der Waals surface area (Å²) >= 11 is 6.08. The Morgan fingerprint density at radius 1 is 1.00 bits per heavy atom. The van der Waals surface area contributed by atoms with Crippen molar-refractivity contribution in [1.82, 2.24) is 19.9 Å². The molecule has 4 aromatic rings. The Morgan fingerprint density at radius 2 is 1.91 bits per heavy atom. The summed E-state index contributed by atoms with van der Waals surface area (Å²) in [5.74, 6) is 0.458. The summed E-state index contributed by atoms with van der Waals surface area (Å²) in [4.78, 5) is 16.4. The fraction of sp³-hybridized carbons (Fsp3) is 0. The summed E-state index contributed by atoms with van der Waals surface area (Å²) in [7, 11) is 0. The third-order valence-corrected chi connectivity index (χ3v) is 3.81. The van der Waals surface area contributed by atoms with Gasteiger partial charge in [-0.25, -0.2) is 9.97 Å². The summed E-state index contributed by atoms with van der Waals surface area (Å²) in [6, 6.07) is 13.1. The molecule has 0 bridgehead atoms. The zero-order valence-electron chi connectivity index (χ0n) is 12.0. The first-order valence-electron chi connectivity index (χ1n) is 7.04. The van der Waals surface area contributed by atoms with Crippen molar-refractivity contribution in [3.05, 3.63) is 60.0 Å². The number of hydrogen-bond donors (Lipinski definition) is 2. The molecular weight excluding hydrogens is 310 g/mol. The first-order chi connectivity index (χ1) is 11.2. The Morgan fingerprint density at radius 3 is 2.70 bits per heavy atom.